The highest BCUT2D eigenvalue weighted by Gasteiger charge is 2.11. The molecule has 5 nitrogen and oxygen atoms in total. The van der Waals surface area contributed by atoms with Gasteiger partial charge in [0.25, 0.3) is 5.56 Å². The summed E-state index contributed by atoms with van der Waals surface area (Å²) in [7, 11) is 0. The molecule has 8 heteroatoms. The number of halogens is 2. The molecule has 1 N–H and O–H groups in total. The molecular weight excluding hydrogens is 341 g/mol. The first-order valence-electron chi connectivity index (χ1n) is 6.73. The SMILES string of the molecule is O=C(CCn1cnc2sccc2c1=O)Nc1cccc(Cl)c1F. The number of rotatable bonds is 4. The number of amides is 1. The average molecular weight is 352 g/mol. The van der Waals surface area contributed by atoms with Crippen molar-refractivity contribution >= 4 is 44.7 Å². The maximum absolute atomic E-state index is 13.7. The zero-order valence-corrected chi connectivity index (χ0v) is 13.3. The van der Waals surface area contributed by atoms with Gasteiger partial charge in [0.1, 0.15) is 4.83 Å². The first-order chi connectivity index (χ1) is 11.1. The molecule has 0 aliphatic carbocycles. The normalized spacial score (nSPS) is 10.9. The zero-order valence-electron chi connectivity index (χ0n) is 11.8. The van der Waals surface area contributed by atoms with Crippen LogP contribution in [0.15, 0.2) is 40.8 Å². The molecule has 0 unspecified atom stereocenters. The van der Waals surface area contributed by atoms with Crippen LogP contribution in [-0.2, 0) is 11.3 Å². The van der Waals surface area contributed by atoms with Crippen LogP contribution in [0.4, 0.5) is 10.1 Å². The van der Waals surface area contributed by atoms with Crippen LogP contribution < -0.4 is 10.9 Å². The van der Waals surface area contributed by atoms with Gasteiger partial charge in [-0.3, -0.25) is 14.2 Å². The van der Waals surface area contributed by atoms with E-state index in [2.05, 4.69) is 10.3 Å². The molecular formula is C15H11ClFN3O2S. The van der Waals surface area contributed by atoms with Crippen molar-refractivity contribution in [1.82, 2.24) is 9.55 Å². The zero-order chi connectivity index (χ0) is 16.4. The number of thiophene rings is 1. The molecule has 3 aromatic rings. The lowest BCUT2D eigenvalue weighted by molar-refractivity contribution is -0.116. The van der Waals surface area contributed by atoms with Crippen molar-refractivity contribution in [2.75, 3.05) is 5.32 Å². The van der Waals surface area contributed by atoms with Crippen LogP contribution in [-0.4, -0.2) is 15.5 Å². The molecule has 0 saturated carbocycles. The van der Waals surface area contributed by atoms with E-state index in [9.17, 15) is 14.0 Å². The van der Waals surface area contributed by atoms with Crippen molar-refractivity contribution in [3.8, 4) is 0 Å². The molecule has 0 fully saturated rings. The minimum absolute atomic E-state index is 0.0151. The summed E-state index contributed by atoms with van der Waals surface area (Å²) >= 11 is 7.04. The van der Waals surface area contributed by atoms with Crippen molar-refractivity contribution < 1.29 is 9.18 Å². The van der Waals surface area contributed by atoms with E-state index in [-0.39, 0.29) is 29.2 Å². The van der Waals surface area contributed by atoms with Gasteiger partial charge in [0.15, 0.2) is 5.82 Å². The molecule has 0 atom stereocenters. The molecule has 1 aromatic carbocycles. The Labute approximate surface area is 139 Å². The number of carbonyl (C=O) groups is 1. The Bertz CT molecular complexity index is 938. The predicted octanol–water partition coefficient (Wildman–Crippen LogP) is 3.28. The Morgan fingerprint density at radius 3 is 3.04 bits per heavy atom. The molecule has 23 heavy (non-hydrogen) atoms. The third kappa shape index (κ3) is 3.25. The molecule has 1 amide bonds. The summed E-state index contributed by atoms with van der Waals surface area (Å²) in [6, 6.07) is 6.06. The topological polar surface area (TPSA) is 64.0 Å². The van der Waals surface area contributed by atoms with Crippen LogP contribution in [0.5, 0.6) is 0 Å². The van der Waals surface area contributed by atoms with Crippen LogP contribution in [0.2, 0.25) is 5.02 Å². The van der Waals surface area contributed by atoms with Crippen molar-refractivity contribution in [2.24, 2.45) is 0 Å². The second kappa shape index (κ2) is 6.47. The van der Waals surface area contributed by atoms with Gasteiger partial charge < -0.3 is 5.32 Å². The Kier molecular flexibility index (Phi) is 4.40. The minimum Gasteiger partial charge on any atom is -0.323 e. The van der Waals surface area contributed by atoms with E-state index in [1.165, 1.54) is 34.4 Å². The highest BCUT2D eigenvalue weighted by molar-refractivity contribution is 7.16. The number of nitrogens with one attached hydrogen (secondary N) is 1. The molecule has 0 bridgehead atoms. The maximum atomic E-state index is 13.7. The molecule has 0 radical (unpaired) electrons. The smallest absolute Gasteiger partial charge is 0.262 e. The summed E-state index contributed by atoms with van der Waals surface area (Å²) in [5, 5.41) is 4.69. The Balaban J connectivity index is 1.70. The van der Waals surface area contributed by atoms with Gasteiger partial charge in [-0.2, -0.15) is 0 Å². The summed E-state index contributed by atoms with van der Waals surface area (Å²) in [6.45, 7) is 0.158. The van der Waals surface area contributed by atoms with Crippen LogP contribution in [0.25, 0.3) is 10.2 Å². The monoisotopic (exact) mass is 351 g/mol. The standard InChI is InChI=1S/C15H11ClFN3O2S/c16-10-2-1-3-11(13(10)17)19-12(21)4-6-20-8-18-14-9(15(20)22)5-7-23-14/h1-3,5,7-8H,4,6H2,(H,19,21). The number of fused-ring (bicyclic) bond motifs is 1. The fourth-order valence-electron chi connectivity index (χ4n) is 2.09. The van der Waals surface area contributed by atoms with Crippen molar-refractivity contribution in [3.63, 3.8) is 0 Å². The highest BCUT2D eigenvalue weighted by atomic mass is 35.5. The van der Waals surface area contributed by atoms with Gasteiger partial charge in [-0.05, 0) is 23.6 Å². The highest BCUT2D eigenvalue weighted by Crippen LogP contribution is 2.22. The third-order valence-corrected chi connectivity index (χ3v) is 4.37. The molecule has 2 aromatic heterocycles. The van der Waals surface area contributed by atoms with Gasteiger partial charge in [-0.15, -0.1) is 11.3 Å². The number of anilines is 1. The fourth-order valence-corrected chi connectivity index (χ4v) is 2.99. The van der Waals surface area contributed by atoms with E-state index in [4.69, 9.17) is 11.6 Å². The second-order valence-corrected chi connectivity index (χ2v) is 6.08. The summed E-state index contributed by atoms with van der Waals surface area (Å²) < 4.78 is 15.1. The first kappa shape index (κ1) is 15.6. The minimum atomic E-state index is -0.680. The lowest BCUT2D eigenvalue weighted by Gasteiger charge is -2.08. The molecule has 0 aliphatic heterocycles. The quantitative estimate of drug-likeness (QED) is 0.784. The number of hydrogen-bond donors (Lipinski definition) is 1. The predicted molar refractivity (Wildman–Crippen MR) is 88.5 cm³/mol. The van der Waals surface area contributed by atoms with E-state index >= 15 is 0 Å². The first-order valence-corrected chi connectivity index (χ1v) is 7.98. The fraction of sp³-hybridized carbons (Fsp3) is 0.133. The largest absolute Gasteiger partial charge is 0.323 e. The van der Waals surface area contributed by atoms with Crippen LogP contribution in [0.3, 0.4) is 0 Å². The third-order valence-electron chi connectivity index (χ3n) is 3.26. The van der Waals surface area contributed by atoms with Crippen molar-refractivity contribution in [1.29, 1.82) is 0 Å². The van der Waals surface area contributed by atoms with Crippen molar-refractivity contribution in [2.45, 2.75) is 13.0 Å². The van der Waals surface area contributed by atoms with E-state index in [0.29, 0.717) is 10.2 Å². The Morgan fingerprint density at radius 1 is 1.39 bits per heavy atom. The maximum Gasteiger partial charge on any atom is 0.262 e. The van der Waals surface area contributed by atoms with Crippen molar-refractivity contribution in [3.05, 3.63) is 57.2 Å². The van der Waals surface area contributed by atoms with Gasteiger partial charge in [-0.1, -0.05) is 17.7 Å². The average Bonchev–Trinajstić information content (AvgIpc) is 3.01. The lowest BCUT2D eigenvalue weighted by atomic mass is 10.3. The molecule has 118 valence electrons. The Morgan fingerprint density at radius 2 is 2.22 bits per heavy atom. The van der Waals surface area contributed by atoms with Crippen LogP contribution in [0, 0.1) is 5.82 Å². The molecule has 0 saturated heterocycles. The summed E-state index contributed by atoms with van der Waals surface area (Å²) in [4.78, 5) is 28.9. The number of benzene rings is 1. The summed E-state index contributed by atoms with van der Waals surface area (Å²) in [6.07, 6.45) is 1.43. The summed E-state index contributed by atoms with van der Waals surface area (Å²) in [5.41, 5.74) is -0.181. The number of nitrogens with zero attached hydrogens (tertiary/aromatic N) is 2. The lowest BCUT2D eigenvalue weighted by Crippen LogP contribution is -2.23. The van der Waals surface area contributed by atoms with E-state index in [0.717, 1.165) is 0 Å². The number of hydrogen-bond acceptors (Lipinski definition) is 4. The number of aryl methyl sites for hydroxylation is 1. The number of aromatic nitrogens is 2. The van der Waals surface area contributed by atoms with Gasteiger partial charge in [0.2, 0.25) is 5.91 Å². The molecule has 3 rings (SSSR count). The van der Waals surface area contributed by atoms with Crippen LogP contribution >= 0.6 is 22.9 Å². The molecule has 2 heterocycles. The second-order valence-electron chi connectivity index (χ2n) is 4.78. The molecule has 0 spiro atoms. The van der Waals surface area contributed by atoms with E-state index < -0.39 is 11.7 Å². The van der Waals surface area contributed by atoms with E-state index in [1.807, 2.05) is 0 Å². The number of carbonyl (C=O) groups excluding carboxylic acids is 1. The van der Waals surface area contributed by atoms with Crippen LogP contribution in [0.1, 0.15) is 6.42 Å². The molecule has 0 aliphatic rings. The van der Waals surface area contributed by atoms with Gasteiger partial charge in [0, 0.05) is 13.0 Å². The summed E-state index contributed by atoms with van der Waals surface area (Å²) in [5.74, 6) is -1.09. The Hall–Kier alpha value is -2.25. The van der Waals surface area contributed by atoms with Gasteiger partial charge in [0.05, 0.1) is 22.4 Å². The van der Waals surface area contributed by atoms with Gasteiger partial charge >= 0.3 is 0 Å². The van der Waals surface area contributed by atoms with Gasteiger partial charge in [-0.25, -0.2) is 9.37 Å². The van der Waals surface area contributed by atoms with E-state index in [1.54, 1.807) is 17.5 Å².